The third-order valence-corrected chi connectivity index (χ3v) is 12.9. The minimum absolute atomic E-state index is 0.859. The summed E-state index contributed by atoms with van der Waals surface area (Å²) in [6, 6.07) is 80.4. The summed E-state index contributed by atoms with van der Waals surface area (Å²) in [5, 5.41) is 11.6. The van der Waals surface area contributed by atoms with Crippen molar-refractivity contribution in [2.24, 2.45) is 0 Å². The van der Waals surface area contributed by atoms with Gasteiger partial charge in [0.25, 0.3) is 0 Å². The van der Waals surface area contributed by atoms with E-state index >= 15 is 0 Å². The number of anilines is 3. The van der Waals surface area contributed by atoms with Crippen LogP contribution < -0.4 is 4.90 Å². The Balaban J connectivity index is 0.999. The van der Waals surface area contributed by atoms with E-state index in [0.29, 0.717) is 0 Å². The van der Waals surface area contributed by atoms with Crippen LogP contribution in [0.15, 0.2) is 233 Å². The summed E-state index contributed by atoms with van der Waals surface area (Å²) in [5.74, 6) is 0. The number of rotatable bonds is 6. The van der Waals surface area contributed by atoms with E-state index in [-0.39, 0.29) is 0 Å². The quantitative estimate of drug-likeness (QED) is 0.157. The van der Waals surface area contributed by atoms with Crippen molar-refractivity contribution in [3.05, 3.63) is 224 Å². The molecule has 0 aliphatic rings. The molecule has 2 aromatic heterocycles. The van der Waals surface area contributed by atoms with E-state index in [1.807, 2.05) is 6.07 Å². The number of benzene rings is 11. The number of fused-ring (bicyclic) bond motifs is 10. The second-order valence-corrected chi connectivity index (χ2v) is 16.4. The van der Waals surface area contributed by atoms with Crippen molar-refractivity contribution in [1.82, 2.24) is 0 Å². The Hall–Kier alpha value is -8.40. The minimum atomic E-state index is 0.859. The monoisotopic (exact) mass is 803 g/mol. The second-order valence-electron chi connectivity index (χ2n) is 16.4. The fraction of sp³-hybridized carbons (Fsp3) is 0. The van der Waals surface area contributed by atoms with E-state index in [2.05, 4.69) is 223 Å². The Morgan fingerprint density at radius 3 is 1.76 bits per heavy atom. The highest BCUT2D eigenvalue weighted by Crippen LogP contribution is 2.48. The lowest BCUT2D eigenvalue weighted by Crippen LogP contribution is -2.10. The summed E-state index contributed by atoms with van der Waals surface area (Å²) < 4.78 is 13.6. The van der Waals surface area contributed by atoms with E-state index in [1.165, 1.54) is 32.3 Å². The molecule has 63 heavy (non-hydrogen) atoms. The molecule has 0 fully saturated rings. The highest BCUT2D eigenvalue weighted by atomic mass is 16.3. The molecular weight excluding hydrogens is 767 g/mol. The van der Waals surface area contributed by atoms with Gasteiger partial charge in [-0.15, -0.1) is 0 Å². The van der Waals surface area contributed by atoms with Gasteiger partial charge in [-0.2, -0.15) is 0 Å². The van der Waals surface area contributed by atoms with E-state index in [4.69, 9.17) is 8.83 Å². The van der Waals surface area contributed by atoms with Crippen LogP contribution in [0.2, 0.25) is 0 Å². The molecule has 0 unspecified atom stereocenters. The molecule has 0 amide bonds. The van der Waals surface area contributed by atoms with E-state index < -0.39 is 0 Å². The minimum Gasteiger partial charge on any atom is -0.455 e. The van der Waals surface area contributed by atoms with Crippen molar-refractivity contribution >= 4 is 93.3 Å². The van der Waals surface area contributed by atoms with Gasteiger partial charge in [-0.1, -0.05) is 170 Å². The number of nitrogens with zero attached hydrogens (tertiary/aromatic N) is 1. The molecule has 0 aliphatic heterocycles. The summed E-state index contributed by atoms with van der Waals surface area (Å²) in [6.45, 7) is 0. The molecule has 3 heteroatoms. The number of para-hydroxylation sites is 2. The van der Waals surface area contributed by atoms with Gasteiger partial charge in [0, 0.05) is 38.7 Å². The first-order valence-corrected chi connectivity index (χ1v) is 21.5. The average Bonchev–Trinajstić information content (AvgIpc) is 3.93. The zero-order valence-corrected chi connectivity index (χ0v) is 34.1. The number of furan rings is 2. The molecule has 13 aromatic rings. The normalized spacial score (nSPS) is 11.8. The van der Waals surface area contributed by atoms with Crippen LogP contribution in [0.3, 0.4) is 0 Å². The Morgan fingerprint density at radius 1 is 0.286 bits per heavy atom. The van der Waals surface area contributed by atoms with E-state index in [0.717, 1.165) is 94.3 Å². The van der Waals surface area contributed by atoms with Crippen LogP contribution in [-0.4, -0.2) is 0 Å². The van der Waals surface area contributed by atoms with Gasteiger partial charge >= 0.3 is 0 Å². The van der Waals surface area contributed by atoms with E-state index in [1.54, 1.807) is 0 Å². The van der Waals surface area contributed by atoms with Gasteiger partial charge in [0.15, 0.2) is 0 Å². The maximum absolute atomic E-state index is 6.91. The molecule has 0 saturated carbocycles. The Labute approximate surface area is 363 Å². The number of hydrogen-bond acceptors (Lipinski definition) is 3. The van der Waals surface area contributed by atoms with Crippen LogP contribution in [-0.2, 0) is 0 Å². The summed E-state index contributed by atoms with van der Waals surface area (Å²) in [6.07, 6.45) is 0. The standard InChI is InChI=1S/C60H37NO2/c1-2-12-40(13-3-1)48-20-11-22-51-50-33-29-43(36-57(50)63-59(48)51)38-26-30-44(31-27-38)61(45-32-28-42-25-24-41-15-5-7-18-47(41)54(42)37-45)55-35-34-52(49-21-10-16-39-14-4-6-17-46(39)49)60-58(55)53-19-8-9-23-56(53)62-60/h1-37H. The van der Waals surface area contributed by atoms with Crippen LogP contribution in [0.1, 0.15) is 0 Å². The molecule has 0 radical (unpaired) electrons. The molecule has 294 valence electrons. The fourth-order valence-electron chi connectivity index (χ4n) is 9.85. The van der Waals surface area contributed by atoms with Gasteiger partial charge in [0.2, 0.25) is 0 Å². The lowest BCUT2D eigenvalue weighted by atomic mass is 9.95. The second kappa shape index (κ2) is 14.1. The zero-order valence-electron chi connectivity index (χ0n) is 34.1. The van der Waals surface area contributed by atoms with Gasteiger partial charge in [-0.05, 0) is 109 Å². The van der Waals surface area contributed by atoms with Crippen LogP contribution in [0.25, 0.3) is 110 Å². The molecule has 0 aliphatic carbocycles. The maximum Gasteiger partial charge on any atom is 0.145 e. The smallest absolute Gasteiger partial charge is 0.145 e. The molecule has 2 heterocycles. The maximum atomic E-state index is 6.91. The van der Waals surface area contributed by atoms with Crippen molar-refractivity contribution < 1.29 is 8.83 Å². The Bertz CT molecular complexity index is 3910. The first kappa shape index (κ1) is 35.4. The van der Waals surface area contributed by atoms with Gasteiger partial charge < -0.3 is 13.7 Å². The summed E-state index contributed by atoms with van der Waals surface area (Å²) in [7, 11) is 0. The molecule has 0 saturated heterocycles. The van der Waals surface area contributed by atoms with Crippen LogP contribution in [0, 0.1) is 0 Å². The zero-order chi connectivity index (χ0) is 41.4. The summed E-state index contributed by atoms with van der Waals surface area (Å²) >= 11 is 0. The van der Waals surface area contributed by atoms with Gasteiger partial charge in [-0.3, -0.25) is 0 Å². The van der Waals surface area contributed by atoms with Crippen molar-refractivity contribution in [2.75, 3.05) is 4.90 Å². The van der Waals surface area contributed by atoms with Crippen LogP contribution >= 0.6 is 0 Å². The SMILES string of the molecule is c1ccc(-c2cccc3c2oc2cc(-c4ccc(N(c5ccc6ccc7ccccc7c6c5)c5ccc(-c6cccc7ccccc67)c6oc7ccccc7c56)cc4)ccc23)cc1. The van der Waals surface area contributed by atoms with Crippen molar-refractivity contribution in [1.29, 1.82) is 0 Å². The third-order valence-electron chi connectivity index (χ3n) is 12.9. The predicted molar refractivity (Wildman–Crippen MR) is 265 cm³/mol. The average molecular weight is 804 g/mol. The molecule has 0 N–H and O–H groups in total. The Morgan fingerprint density at radius 2 is 0.905 bits per heavy atom. The van der Waals surface area contributed by atoms with Crippen LogP contribution in [0.5, 0.6) is 0 Å². The molecule has 11 aromatic carbocycles. The lowest BCUT2D eigenvalue weighted by molar-refractivity contribution is 0.669. The highest BCUT2D eigenvalue weighted by molar-refractivity contribution is 6.19. The molecule has 13 rings (SSSR count). The van der Waals surface area contributed by atoms with Crippen molar-refractivity contribution in [3.8, 4) is 33.4 Å². The molecule has 3 nitrogen and oxygen atoms in total. The molecule has 0 spiro atoms. The van der Waals surface area contributed by atoms with Gasteiger partial charge in [-0.25, -0.2) is 0 Å². The molecule has 0 bridgehead atoms. The van der Waals surface area contributed by atoms with E-state index in [9.17, 15) is 0 Å². The fourth-order valence-corrected chi connectivity index (χ4v) is 9.85. The number of hydrogen-bond donors (Lipinski definition) is 0. The van der Waals surface area contributed by atoms with Gasteiger partial charge in [0.1, 0.15) is 22.3 Å². The highest BCUT2D eigenvalue weighted by Gasteiger charge is 2.23. The van der Waals surface area contributed by atoms with Crippen molar-refractivity contribution in [2.45, 2.75) is 0 Å². The Kier molecular flexibility index (Phi) is 7.91. The third kappa shape index (κ3) is 5.67. The predicted octanol–water partition coefficient (Wildman–Crippen LogP) is 17.4. The lowest BCUT2D eigenvalue weighted by Gasteiger charge is -2.27. The summed E-state index contributed by atoms with van der Waals surface area (Å²) in [4.78, 5) is 2.40. The topological polar surface area (TPSA) is 29.5 Å². The largest absolute Gasteiger partial charge is 0.455 e. The summed E-state index contributed by atoms with van der Waals surface area (Å²) in [5.41, 5.74) is 13.3. The first-order valence-electron chi connectivity index (χ1n) is 21.5. The molecular formula is C60H37NO2. The van der Waals surface area contributed by atoms with Crippen LogP contribution in [0.4, 0.5) is 17.1 Å². The van der Waals surface area contributed by atoms with Gasteiger partial charge in [0.05, 0.1) is 11.1 Å². The molecule has 0 atom stereocenters. The van der Waals surface area contributed by atoms with Crippen molar-refractivity contribution in [3.63, 3.8) is 0 Å². The first-order chi connectivity index (χ1) is 31.2.